The molecule has 2 heterocycles. The average molecular weight is 550 g/mol. The van der Waals surface area contributed by atoms with Crippen LogP contribution in [-0.2, 0) is 15.9 Å². The Labute approximate surface area is 217 Å². The number of hydrogen-bond acceptors (Lipinski definition) is 8. The van der Waals surface area contributed by atoms with Crippen molar-refractivity contribution in [3.05, 3.63) is 58.4 Å². The SMILES string of the molecule is COc1nc(C2CCC2)cc(C)c1Oc1nnc(C(F)(F)F)c(C)c1C(=O)Nc1cccc(S(C)(=N)=O)c1. The number of carbonyl (C=O) groups is 1. The highest BCUT2D eigenvalue weighted by Gasteiger charge is 2.38. The number of alkyl halides is 3. The molecule has 1 amide bonds. The standard InChI is InChI=1S/C25H26F3N5O4S/c1-13-11-18(15-7-5-8-15)31-24(36-3)20(13)37-23-19(14(2)21(32-33-23)25(26,27)28)22(34)30-16-9-6-10-17(12-16)38(4,29)35/h6,9-12,15,29H,5,7-8H2,1-4H3,(H,30,34). The van der Waals surface area contributed by atoms with Crippen molar-refractivity contribution < 1.29 is 31.6 Å². The Balaban J connectivity index is 1.77. The van der Waals surface area contributed by atoms with Gasteiger partial charge in [-0.2, -0.15) is 13.2 Å². The van der Waals surface area contributed by atoms with Gasteiger partial charge in [0, 0.05) is 28.5 Å². The maximum Gasteiger partial charge on any atom is 0.435 e. The maximum atomic E-state index is 13.6. The fraction of sp³-hybridized carbons (Fsp3) is 0.360. The van der Waals surface area contributed by atoms with Crippen molar-refractivity contribution in [2.24, 2.45) is 0 Å². The summed E-state index contributed by atoms with van der Waals surface area (Å²) >= 11 is 0. The van der Waals surface area contributed by atoms with E-state index in [0.717, 1.165) is 31.9 Å². The van der Waals surface area contributed by atoms with Gasteiger partial charge in [-0.05, 0) is 62.1 Å². The molecule has 1 aromatic carbocycles. The van der Waals surface area contributed by atoms with Crippen molar-refractivity contribution in [2.75, 3.05) is 18.7 Å². The fourth-order valence-corrected chi connectivity index (χ4v) is 4.74. The van der Waals surface area contributed by atoms with Crippen molar-refractivity contribution in [2.45, 2.75) is 50.1 Å². The van der Waals surface area contributed by atoms with Gasteiger partial charge in [0.2, 0.25) is 0 Å². The van der Waals surface area contributed by atoms with Gasteiger partial charge in [-0.3, -0.25) is 4.79 Å². The highest BCUT2D eigenvalue weighted by atomic mass is 32.2. The van der Waals surface area contributed by atoms with E-state index in [-0.39, 0.29) is 22.2 Å². The van der Waals surface area contributed by atoms with E-state index in [2.05, 4.69) is 20.5 Å². The van der Waals surface area contributed by atoms with Gasteiger partial charge in [0.1, 0.15) is 5.56 Å². The minimum absolute atomic E-state index is 0.0972. The summed E-state index contributed by atoms with van der Waals surface area (Å²) in [6, 6.07) is 7.52. The van der Waals surface area contributed by atoms with Crippen LogP contribution >= 0.6 is 0 Å². The van der Waals surface area contributed by atoms with Crippen LogP contribution in [0.3, 0.4) is 0 Å². The topological polar surface area (TPSA) is 127 Å². The molecule has 0 saturated heterocycles. The van der Waals surface area contributed by atoms with Crippen LogP contribution in [-0.4, -0.2) is 38.7 Å². The molecule has 1 atom stereocenters. The van der Waals surface area contributed by atoms with Gasteiger partial charge in [-0.1, -0.05) is 12.5 Å². The summed E-state index contributed by atoms with van der Waals surface area (Å²) in [6.45, 7) is 2.83. The second-order valence-electron chi connectivity index (χ2n) is 9.11. The molecule has 202 valence electrons. The Morgan fingerprint density at radius 3 is 2.45 bits per heavy atom. The van der Waals surface area contributed by atoms with Crippen molar-refractivity contribution in [1.29, 1.82) is 4.78 Å². The van der Waals surface area contributed by atoms with E-state index in [4.69, 9.17) is 14.3 Å². The Hall–Kier alpha value is -3.74. The number of benzene rings is 1. The maximum absolute atomic E-state index is 13.6. The molecular weight excluding hydrogens is 523 g/mol. The van der Waals surface area contributed by atoms with Crippen molar-refractivity contribution >= 4 is 21.3 Å². The molecule has 4 rings (SSSR count). The Morgan fingerprint density at radius 1 is 1.16 bits per heavy atom. The van der Waals surface area contributed by atoms with Crippen LogP contribution in [0, 0.1) is 18.6 Å². The quantitative estimate of drug-likeness (QED) is 0.378. The molecule has 0 bridgehead atoms. The highest BCUT2D eigenvalue weighted by molar-refractivity contribution is 7.91. The number of rotatable bonds is 7. The minimum atomic E-state index is -4.87. The van der Waals surface area contributed by atoms with Gasteiger partial charge in [0.25, 0.3) is 17.7 Å². The number of aromatic nitrogens is 3. The lowest BCUT2D eigenvalue weighted by Gasteiger charge is -2.26. The zero-order valence-corrected chi connectivity index (χ0v) is 21.9. The lowest BCUT2D eigenvalue weighted by molar-refractivity contribution is -0.142. The minimum Gasteiger partial charge on any atom is -0.478 e. The number of nitrogens with zero attached hydrogens (tertiary/aromatic N) is 3. The number of carbonyl (C=O) groups excluding carboxylic acids is 1. The molecule has 0 radical (unpaired) electrons. The number of ether oxygens (including phenoxy) is 2. The van der Waals surface area contributed by atoms with Crippen LogP contribution in [0.5, 0.6) is 17.5 Å². The Bertz CT molecular complexity index is 1510. The van der Waals surface area contributed by atoms with Gasteiger partial charge >= 0.3 is 6.18 Å². The lowest BCUT2D eigenvalue weighted by Crippen LogP contribution is -2.21. The number of halogens is 3. The molecule has 1 unspecified atom stereocenters. The molecule has 38 heavy (non-hydrogen) atoms. The normalized spacial score (nSPS) is 15.3. The summed E-state index contributed by atoms with van der Waals surface area (Å²) in [6.07, 6.45) is -0.559. The number of pyridine rings is 1. The summed E-state index contributed by atoms with van der Waals surface area (Å²) in [5.41, 5.74) is -0.770. The van der Waals surface area contributed by atoms with E-state index in [1.807, 2.05) is 6.07 Å². The van der Waals surface area contributed by atoms with E-state index in [0.29, 0.717) is 11.5 Å². The molecule has 9 nitrogen and oxygen atoms in total. The van der Waals surface area contributed by atoms with Gasteiger partial charge in [-0.15, -0.1) is 10.2 Å². The summed E-state index contributed by atoms with van der Waals surface area (Å²) in [5.74, 6) is -0.927. The molecule has 13 heteroatoms. The van der Waals surface area contributed by atoms with Crippen molar-refractivity contribution in [1.82, 2.24) is 15.2 Å². The molecular formula is C25H26F3N5O4S. The lowest BCUT2D eigenvalue weighted by atomic mass is 9.82. The number of anilines is 1. The van der Waals surface area contributed by atoms with E-state index >= 15 is 0 Å². The van der Waals surface area contributed by atoms with Crippen LogP contribution in [0.15, 0.2) is 35.2 Å². The first-order valence-corrected chi connectivity index (χ1v) is 13.6. The molecule has 1 aliphatic carbocycles. The first-order valence-electron chi connectivity index (χ1n) is 11.6. The third kappa shape index (κ3) is 5.57. The van der Waals surface area contributed by atoms with Crippen LogP contribution in [0.4, 0.5) is 18.9 Å². The second kappa shape index (κ2) is 10.2. The first-order chi connectivity index (χ1) is 17.8. The predicted molar refractivity (Wildman–Crippen MR) is 133 cm³/mol. The Kier molecular flexibility index (Phi) is 7.33. The van der Waals surface area contributed by atoms with Crippen molar-refractivity contribution in [3.8, 4) is 17.5 Å². The predicted octanol–water partition coefficient (Wildman–Crippen LogP) is 5.86. The van der Waals surface area contributed by atoms with Crippen LogP contribution in [0.1, 0.15) is 58.1 Å². The first kappa shape index (κ1) is 27.3. The van der Waals surface area contributed by atoms with Crippen molar-refractivity contribution in [3.63, 3.8) is 0 Å². The molecule has 1 aliphatic rings. The molecule has 0 spiro atoms. The molecule has 3 aromatic rings. The number of aryl methyl sites for hydroxylation is 1. The number of methoxy groups -OCH3 is 1. The number of nitrogens with one attached hydrogen (secondary N) is 2. The molecule has 0 aliphatic heterocycles. The van der Waals surface area contributed by atoms with Crippen LogP contribution in [0.25, 0.3) is 0 Å². The summed E-state index contributed by atoms with van der Waals surface area (Å²) in [7, 11) is -1.71. The molecule has 1 fully saturated rings. The van der Waals surface area contributed by atoms with Gasteiger partial charge in [0.05, 0.1) is 16.8 Å². The summed E-state index contributed by atoms with van der Waals surface area (Å²) in [5, 5.41) is 9.39. The van der Waals surface area contributed by atoms with E-state index in [1.165, 1.54) is 37.6 Å². The van der Waals surface area contributed by atoms with Gasteiger partial charge in [0.15, 0.2) is 11.4 Å². The highest BCUT2D eigenvalue weighted by Crippen LogP contribution is 2.42. The zero-order valence-electron chi connectivity index (χ0n) is 21.1. The summed E-state index contributed by atoms with van der Waals surface area (Å²) < 4.78 is 72.1. The molecule has 1 saturated carbocycles. The molecule has 2 N–H and O–H groups in total. The van der Waals surface area contributed by atoms with Crippen LogP contribution < -0.4 is 14.8 Å². The molecule has 2 aromatic heterocycles. The van der Waals surface area contributed by atoms with Crippen LogP contribution in [0.2, 0.25) is 0 Å². The Morgan fingerprint density at radius 2 is 1.87 bits per heavy atom. The monoisotopic (exact) mass is 549 g/mol. The third-order valence-corrected chi connectivity index (χ3v) is 7.44. The number of hydrogen-bond donors (Lipinski definition) is 2. The zero-order chi connectivity index (χ0) is 27.8. The number of amides is 1. The van der Waals surface area contributed by atoms with Gasteiger partial charge < -0.3 is 14.8 Å². The largest absolute Gasteiger partial charge is 0.478 e. The average Bonchev–Trinajstić information content (AvgIpc) is 2.78. The van der Waals surface area contributed by atoms with E-state index in [9.17, 15) is 22.2 Å². The third-order valence-electron chi connectivity index (χ3n) is 6.29. The fourth-order valence-electron chi connectivity index (χ4n) is 4.05. The summed E-state index contributed by atoms with van der Waals surface area (Å²) in [4.78, 5) is 18.0. The second-order valence-corrected chi connectivity index (χ2v) is 11.3. The van der Waals surface area contributed by atoms with Gasteiger partial charge in [-0.25, -0.2) is 14.0 Å². The van der Waals surface area contributed by atoms with E-state index in [1.54, 1.807) is 6.92 Å². The van der Waals surface area contributed by atoms with E-state index < -0.39 is 44.5 Å². The smallest absolute Gasteiger partial charge is 0.435 e.